The lowest BCUT2D eigenvalue weighted by atomic mass is 9.98. The normalized spacial score (nSPS) is 26.5. The Morgan fingerprint density at radius 3 is 2.59 bits per heavy atom. The summed E-state index contributed by atoms with van der Waals surface area (Å²) in [5.41, 5.74) is 5.51. The highest BCUT2D eigenvalue weighted by Gasteiger charge is 2.61. The third kappa shape index (κ3) is 1.42. The summed E-state index contributed by atoms with van der Waals surface area (Å²) in [4.78, 5) is -0.537. The average Bonchev–Trinajstić information content (AvgIpc) is 2.38. The van der Waals surface area contributed by atoms with Crippen LogP contribution in [0.4, 0.5) is 8.78 Å². The fourth-order valence-corrected chi connectivity index (χ4v) is 3.43. The Morgan fingerprint density at radius 2 is 2.06 bits per heavy atom. The molecule has 1 aliphatic heterocycles. The molecule has 4 nitrogen and oxygen atoms in total. The van der Waals surface area contributed by atoms with Crippen molar-refractivity contribution in [3.05, 3.63) is 29.3 Å². The van der Waals surface area contributed by atoms with Gasteiger partial charge in [-0.2, -0.15) is 8.78 Å². The van der Waals surface area contributed by atoms with Crippen LogP contribution in [0.5, 0.6) is 0 Å². The third-order valence-corrected chi connectivity index (χ3v) is 4.70. The monoisotopic (exact) mass is 263 g/mol. The van der Waals surface area contributed by atoms with Crippen molar-refractivity contribution in [1.82, 2.24) is 0 Å². The molecule has 3 N–H and O–H groups in total. The van der Waals surface area contributed by atoms with E-state index in [0.29, 0.717) is 0 Å². The summed E-state index contributed by atoms with van der Waals surface area (Å²) in [7, 11) is -4.83. The van der Waals surface area contributed by atoms with Crippen molar-refractivity contribution < 1.29 is 22.3 Å². The molecule has 7 heteroatoms. The number of nitrogens with two attached hydrogens (primary N) is 1. The van der Waals surface area contributed by atoms with E-state index in [1.165, 1.54) is 19.1 Å². The quantitative estimate of drug-likeness (QED) is 0.795. The molecule has 0 bridgehead atoms. The molecule has 0 fully saturated rings. The molecular weight excluding hydrogens is 252 g/mol. The molecule has 0 aliphatic carbocycles. The van der Waals surface area contributed by atoms with E-state index in [4.69, 9.17) is 5.73 Å². The first-order valence-electron chi connectivity index (χ1n) is 4.90. The Hall–Kier alpha value is -1.05. The summed E-state index contributed by atoms with van der Waals surface area (Å²) < 4.78 is 50.0. The zero-order chi connectivity index (χ0) is 13.0. The van der Waals surface area contributed by atoms with Gasteiger partial charge in [0, 0.05) is 11.6 Å². The minimum absolute atomic E-state index is 0.218. The van der Waals surface area contributed by atoms with Gasteiger partial charge in [-0.25, -0.2) is 8.42 Å². The first kappa shape index (κ1) is 12.4. The van der Waals surface area contributed by atoms with Crippen LogP contribution in [0.15, 0.2) is 23.1 Å². The topological polar surface area (TPSA) is 80.4 Å². The molecule has 1 aromatic rings. The van der Waals surface area contributed by atoms with Gasteiger partial charge in [0.2, 0.25) is 9.84 Å². The molecule has 2 atom stereocenters. The van der Waals surface area contributed by atoms with Crippen LogP contribution in [0.3, 0.4) is 0 Å². The van der Waals surface area contributed by atoms with Crippen molar-refractivity contribution in [2.75, 3.05) is 0 Å². The van der Waals surface area contributed by atoms with Crippen LogP contribution < -0.4 is 5.73 Å². The van der Waals surface area contributed by atoms with Gasteiger partial charge < -0.3 is 10.8 Å². The van der Waals surface area contributed by atoms with Crippen molar-refractivity contribution >= 4 is 9.84 Å². The number of aliphatic hydroxyl groups excluding tert-OH is 1. The van der Waals surface area contributed by atoms with E-state index in [-0.39, 0.29) is 11.1 Å². The van der Waals surface area contributed by atoms with E-state index >= 15 is 0 Å². The van der Waals surface area contributed by atoms with Gasteiger partial charge in [-0.15, -0.1) is 0 Å². The molecule has 0 saturated heterocycles. The molecule has 0 spiro atoms. The second kappa shape index (κ2) is 3.47. The number of aliphatic hydroxyl groups is 1. The van der Waals surface area contributed by atoms with Crippen LogP contribution in [0.1, 0.15) is 30.2 Å². The Bertz CT molecular complexity index is 569. The molecule has 17 heavy (non-hydrogen) atoms. The lowest BCUT2D eigenvalue weighted by molar-refractivity contribution is -0.0380. The first-order chi connectivity index (χ1) is 7.71. The zero-order valence-electron chi connectivity index (χ0n) is 8.89. The molecule has 0 radical (unpaired) electrons. The summed E-state index contributed by atoms with van der Waals surface area (Å²) in [6, 6.07) is 3.19. The summed E-state index contributed by atoms with van der Waals surface area (Å²) in [5.74, 6) is 0. The molecule has 0 amide bonds. The second-order valence-corrected chi connectivity index (χ2v) is 6.01. The van der Waals surface area contributed by atoms with Crippen molar-refractivity contribution in [2.45, 2.75) is 29.2 Å². The van der Waals surface area contributed by atoms with Gasteiger partial charge in [0.15, 0.2) is 6.10 Å². The second-order valence-electron chi connectivity index (χ2n) is 4.02. The van der Waals surface area contributed by atoms with E-state index < -0.39 is 32.1 Å². The van der Waals surface area contributed by atoms with Crippen molar-refractivity contribution in [2.24, 2.45) is 5.73 Å². The lowest BCUT2D eigenvalue weighted by Gasteiger charge is -2.15. The van der Waals surface area contributed by atoms with Gasteiger partial charge in [-0.05, 0) is 18.6 Å². The van der Waals surface area contributed by atoms with Gasteiger partial charge in [0.25, 0.3) is 0 Å². The highest BCUT2D eigenvalue weighted by molar-refractivity contribution is 7.92. The van der Waals surface area contributed by atoms with Crippen molar-refractivity contribution in [3.8, 4) is 0 Å². The Labute approximate surface area is 97.0 Å². The maximum Gasteiger partial charge on any atom is 0.379 e. The highest BCUT2D eigenvalue weighted by Crippen LogP contribution is 2.50. The molecule has 0 aromatic heterocycles. The lowest BCUT2D eigenvalue weighted by Crippen LogP contribution is -2.29. The summed E-state index contributed by atoms with van der Waals surface area (Å²) in [6.45, 7) is 1.53. The zero-order valence-corrected chi connectivity index (χ0v) is 9.71. The molecular formula is C10H11F2NO3S. The highest BCUT2D eigenvalue weighted by atomic mass is 32.2. The standard InChI is InChI=1S/C10H11F2NO3S/c1-5(13)6-3-2-4-7-8(6)9(14)10(11,12)17(7,15)16/h2-5,9,14H,13H2,1H3/t5-,9-/m1/s1. The van der Waals surface area contributed by atoms with E-state index in [1.807, 2.05) is 0 Å². The van der Waals surface area contributed by atoms with Crippen LogP contribution in [0, 0.1) is 0 Å². The maximum absolute atomic E-state index is 13.5. The fraction of sp³-hybridized carbons (Fsp3) is 0.400. The van der Waals surface area contributed by atoms with Crippen LogP contribution >= 0.6 is 0 Å². The fourth-order valence-electron chi connectivity index (χ4n) is 1.95. The number of alkyl halides is 2. The summed E-state index contributed by atoms with van der Waals surface area (Å²) in [6.07, 6.45) is -2.36. The predicted octanol–water partition coefficient (Wildman–Crippen LogP) is 1.12. The van der Waals surface area contributed by atoms with E-state index in [2.05, 4.69) is 0 Å². The molecule has 1 heterocycles. The summed E-state index contributed by atoms with van der Waals surface area (Å²) >= 11 is 0. The predicted molar refractivity (Wildman–Crippen MR) is 56.1 cm³/mol. The minimum atomic E-state index is -4.83. The van der Waals surface area contributed by atoms with E-state index in [9.17, 15) is 22.3 Å². The largest absolute Gasteiger partial charge is 0.381 e. The maximum atomic E-state index is 13.5. The minimum Gasteiger partial charge on any atom is -0.381 e. The molecule has 1 aliphatic rings. The van der Waals surface area contributed by atoms with Gasteiger partial charge in [0.1, 0.15) is 0 Å². The molecule has 2 rings (SSSR count). The van der Waals surface area contributed by atoms with Gasteiger partial charge in [-0.3, -0.25) is 0 Å². The summed E-state index contributed by atoms with van der Waals surface area (Å²) in [5, 5.41) is 5.30. The number of fused-ring (bicyclic) bond motifs is 1. The van der Waals surface area contributed by atoms with Crippen LogP contribution in [-0.2, 0) is 9.84 Å². The molecule has 0 saturated carbocycles. The van der Waals surface area contributed by atoms with Gasteiger partial charge >= 0.3 is 5.25 Å². The van der Waals surface area contributed by atoms with Gasteiger partial charge in [-0.1, -0.05) is 12.1 Å². The number of halogens is 2. The Balaban J connectivity index is 2.82. The number of hydrogen-bond acceptors (Lipinski definition) is 4. The van der Waals surface area contributed by atoms with Crippen LogP contribution in [0.2, 0.25) is 0 Å². The molecule has 0 unspecified atom stereocenters. The Morgan fingerprint density at radius 1 is 1.47 bits per heavy atom. The van der Waals surface area contributed by atoms with Crippen molar-refractivity contribution in [1.29, 1.82) is 0 Å². The number of rotatable bonds is 1. The Kier molecular flexibility index (Phi) is 2.53. The third-order valence-electron chi connectivity index (χ3n) is 2.83. The smallest absolute Gasteiger partial charge is 0.379 e. The van der Waals surface area contributed by atoms with E-state index in [0.717, 1.165) is 6.07 Å². The average molecular weight is 263 g/mol. The number of sulfone groups is 1. The van der Waals surface area contributed by atoms with E-state index in [1.54, 1.807) is 0 Å². The number of hydrogen-bond donors (Lipinski definition) is 2. The molecule has 94 valence electrons. The van der Waals surface area contributed by atoms with Crippen molar-refractivity contribution in [3.63, 3.8) is 0 Å². The SMILES string of the molecule is C[C@@H](N)c1cccc2c1[C@@H](O)C(F)(F)S2(=O)=O. The molecule has 1 aromatic carbocycles. The number of benzene rings is 1. The van der Waals surface area contributed by atoms with Crippen LogP contribution in [-0.4, -0.2) is 18.8 Å². The van der Waals surface area contributed by atoms with Gasteiger partial charge in [0.05, 0.1) is 4.90 Å². The first-order valence-corrected chi connectivity index (χ1v) is 6.38. The van der Waals surface area contributed by atoms with Crippen LogP contribution in [0.25, 0.3) is 0 Å².